The third kappa shape index (κ3) is 3.04. The van der Waals surface area contributed by atoms with Gasteiger partial charge in [0, 0.05) is 18.3 Å². The van der Waals surface area contributed by atoms with E-state index < -0.39 is 0 Å². The molecule has 3 nitrogen and oxygen atoms in total. The fraction of sp³-hybridized carbons (Fsp3) is 0.118. The second kappa shape index (κ2) is 5.94. The Morgan fingerprint density at radius 3 is 2.62 bits per heavy atom. The molecule has 1 atom stereocenters. The highest BCUT2D eigenvalue weighted by molar-refractivity contribution is 7.80. The van der Waals surface area contributed by atoms with E-state index in [9.17, 15) is 0 Å². The van der Waals surface area contributed by atoms with Crippen molar-refractivity contribution in [3.8, 4) is 17.2 Å². The molecule has 0 saturated heterocycles. The number of rotatable bonds is 3. The van der Waals surface area contributed by atoms with Crippen molar-refractivity contribution in [2.75, 3.05) is 0 Å². The minimum atomic E-state index is -0.0423. The predicted octanol–water partition coefficient (Wildman–Crippen LogP) is 3.02. The number of benzene rings is 2. The average molecular weight is 293 g/mol. The molecular formula is C17H15N3S. The van der Waals surface area contributed by atoms with Crippen molar-refractivity contribution >= 4 is 12.6 Å². The maximum atomic E-state index is 9.12. The second-order valence-corrected chi connectivity index (χ2v) is 5.43. The van der Waals surface area contributed by atoms with E-state index in [1.807, 2.05) is 42.6 Å². The first kappa shape index (κ1) is 13.6. The molecule has 4 heteroatoms. The Balaban J connectivity index is 1.98. The Bertz CT molecular complexity index is 717. The van der Waals surface area contributed by atoms with Gasteiger partial charge < -0.3 is 10.6 Å². The van der Waals surface area contributed by atoms with Crippen LogP contribution in [0, 0.1) is 11.3 Å². The molecule has 0 saturated carbocycles. The molecule has 1 aliphatic heterocycles. The van der Waals surface area contributed by atoms with Crippen molar-refractivity contribution in [2.45, 2.75) is 11.9 Å². The summed E-state index contributed by atoms with van der Waals surface area (Å²) in [5.74, 6) is 0. The first-order valence-electron chi connectivity index (χ1n) is 6.74. The number of thiol groups is 1. The number of hydrogen-bond acceptors (Lipinski definition) is 4. The molecule has 21 heavy (non-hydrogen) atoms. The van der Waals surface area contributed by atoms with Crippen LogP contribution >= 0.6 is 12.6 Å². The predicted molar refractivity (Wildman–Crippen MR) is 87.4 cm³/mol. The highest BCUT2D eigenvalue weighted by atomic mass is 32.1. The van der Waals surface area contributed by atoms with Gasteiger partial charge in [0.1, 0.15) is 5.50 Å². The third-order valence-corrected chi connectivity index (χ3v) is 3.72. The van der Waals surface area contributed by atoms with E-state index in [1.165, 1.54) is 0 Å². The van der Waals surface area contributed by atoms with Crippen molar-refractivity contribution in [1.29, 1.82) is 5.26 Å². The molecule has 0 amide bonds. The van der Waals surface area contributed by atoms with Crippen LogP contribution in [-0.4, -0.2) is 5.50 Å². The summed E-state index contributed by atoms with van der Waals surface area (Å²) in [7, 11) is 0. The summed E-state index contributed by atoms with van der Waals surface area (Å²) in [6.45, 7) is 0. The van der Waals surface area contributed by atoms with Crippen LogP contribution in [0.3, 0.4) is 0 Å². The summed E-state index contributed by atoms with van der Waals surface area (Å²) in [5, 5.41) is 15.5. The van der Waals surface area contributed by atoms with Crippen molar-refractivity contribution in [3.05, 3.63) is 71.6 Å². The Morgan fingerprint density at radius 2 is 1.95 bits per heavy atom. The maximum Gasteiger partial charge on any atom is 0.142 e. The van der Waals surface area contributed by atoms with Crippen LogP contribution in [0.2, 0.25) is 0 Å². The standard InChI is InChI=1S/C17H15N3S/c18-10-12-6-7-16(13-4-2-1-3-5-13)14(8-12)9-15-11-19-17(21)20-15/h1-8,11,17,19-21H,9H2. The molecule has 1 heterocycles. The van der Waals surface area contributed by atoms with Crippen LogP contribution in [0.5, 0.6) is 0 Å². The quantitative estimate of drug-likeness (QED) is 0.762. The largest absolute Gasteiger partial charge is 0.362 e. The molecule has 104 valence electrons. The monoisotopic (exact) mass is 293 g/mol. The lowest BCUT2D eigenvalue weighted by molar-refractivity contribution is 0.746. The second-order valence-electron chi connectivity index (χ2n) is 4.91. The van der Waals surface area contributed by atoms with Crippen LogP contribution in [0.15, 0.2) is 60.4 Å². The van der Waals surface area contributed by atoms with Gasteiger partial charge in [-0.25, -0.2) is 0 Å². The Morgan fingerprint density at radius 1 is 1.14 bits per heavy atom. The van der Waals surface area contributed by atoms with Gasteiger partial charge in [-0.2, -0.15) is 5.26 Å². The number of nitriles is 1. The summed E-state index contributed by atoms with van der Waals surface area (Å²) in [6, 6.07) is 18.3. The van der Waals surface area contributed by atoms with E-state index >= 15 is 0 Å². The maximum absolute atomic E-state index is 9.12. The summed E-state index contributed by atoms with van der Waals surface area (Å²) in [5.41, 5.74) is 5.15. The molecule has 0 spiro atoms. The summed E-state index contributed by atoms with van der Waals surface area (Å²) in [6.07, 6.45) is 2.68. The molecule has 0 aromatic heterocycles. The molecule has 2 N–H and O–H groups in total. The Kier molecular flexibility index (Phi) is 3.85. The van der Waals surface area contributed by atoms with Gasteiger partial charge in [-0.1, -0.05) is 36.4 Å². The van der Waals surface area contributed by atoms with Crippen molar-refractivity contribution in [2.24, 2.45) is 0 Å². The Labute approximate surface area is 129 Å². The molecule has 3 rings (SSSR count). The number of allylic oxidation sites excluding steroid dienone is 1. The van der Waals surface area contributed by atoms with E-state index in [0.29, 0.717) is 5.56 Å². The third-order valence-electron chi connectivity index (χ3n) is 3.44. The lowest BCUT2D eigenvalue weighted by Gasteiger charge is -2.12. The summed E-state index contributed by atoms with van der Waals surface area (Å²) >= 11 is 4.33. The van der Waals surface area contributed by atoms with E-state index in [1.54, 1.807) is 0 Å². The number of nitrogens with one attached hydrogen (secondary N) is 2. The van der Waals surface area contributed by atoms with Gasteiger partial charge in [-0.05, 0) is 28.8 Å². The van der Waals surface area contributed by atoms with Crippen molar-refractivity contribution < 1.29 is 0 Å². The molecule has 1 unspecified atom stereocenters. The van der Waals surface area contributed by atoms with Crippen molar-refractivity contribution in [1.82, 2.24) is 10.6 Å². The number of hydrogen-bond donors (Lipinski definition) is 3. The van der Waals surface area contributed by atoms with Gasteiger partial charge in [-0.3, -0.25) is 0 Å². The Hall–Kier alpha value is -2.38. The van der Waals surface area contributed by atoms with Crippen LogP contribution < -0.4 is 10.6 Å². The summed E-state index contributed by atoms with van der Waals surface area (Å²) in [4.78, 5) is 0. The molecule has 2 aromatic rings. The molecule has 0 bridgehead atoms. The lowest BCUT2D eigenvalue weighted by atomic mass is 9.95. The van der Waals surface area contributed by atoms with Crippen LogP contribution in [0.1, 0.15) is 11.1 Å². The molecular weight excluding hydrogens is 278 g/mol. The zero-order valence-electron chi connectivity index (χ0n) is 11.4. The normalized spacial score (nSPS) is 16.6. The summed E-state index contributed by atoms with van der Waals surface area (Å²) < 4.78 is 0. The average Bonchev–Trinajstić information content (AvgIpc) is 2.93. The van der Waals surface area contributed by atoms with E-state index in [2.05, 4.69) is 41.5 Å². The van der Waals surface area contributed by atoms with Crippen LogP contribution in [0.25, 0.3) is 11.1 Å². The van der Waals surface area contributed by atoms with E-state index in [-0.39, 0.29) is 5.50 Å². The smallest absolute Gasteiger partial charge is 0.142 e. The lowest BCUT2D eigenvalue weighted by Crippen LogP contribution is -2.25. The first-order chi connectivity index (χ1) is 10.3. The fourth-order valence-corrected chi connectivity index (χ4v) is 2.69. The minimum Gasteiger partial charge on any atom is -0.362 e. The molecule has 0 aliphatic carbocycles. The van der Waals surface area contributed by atoms with Gasteiger partial charge in [0.05, 0.1) is 11.6 Å². The molecule has 0 fully saturated rings. The van der Waals surface area contributed by atoms with Gasteiger partial charge >= 0.3 is 0 Å². The number of nitrogens with zero attached hydrogens (tertiary/aromatic N) is 1. The van der Waals surface area contributed by atoms with E-state index in [4.69, 9.17) is 5.26 Å². The zero-order valence-corrected chi connectivity index (χ0v) is 12.3. The SMILES string of the molecule is N#Cc1ccc(-c2ccccc2)c(CC2=CNC(S)N2)c1. The van der Waals surface area contributed by atoms with Crippen LogP contribution in [-0.2, 0) is 6.42 Å². The highest BCUT2D eigenvalue weighted by Gasteiger charge is 2.14. The van der Waals surface area contributed by atoms with Crippen LogP contribution in [0.4, 0.5) is 0 Å². The van der Waals surface area contributed by atoms with Gasteiger partial charge in [-0.15, -0.1) is 12.6 Å². The van der Waals surface area contributed by atoms with Crippen molar-refractivity contribution in [3.63, 3.8) is 0 Å². The molecule has 2 aromatic carbocycles. The highest BCUT2D eigenvalue weighted by Crippen LogP contribution is 2.26. The van der Waals surface area contributed by atoms with Gasteiger partial charge in [0.2, 0.25) is 0 Å². The fourth-order valence-electron chi connectivity index (χ4n) is 2.45. The van der Waals surface area contributed by atoms with E-state index in [0.717, 1.165) is 28.8 Å². The topological polar surface area (TPSA) is 47.9 Å². The van der Waals surface area contributed by atoms with Gasteiger partial charge in [0.15, 0.2) is 0 Å². The van der Waals surface area contributed by atoms with Gasteiger partial charge in [0.25, 0.3) is 0 Å². The minimum absolute atomic E-state index is 0.0423. The molecule has 0 radical (unpaired) electrons. The molecule has 1 aliphatic rings. The zero-order chi connectivity index (χ0) is 14.7. The first-order valence-corrected chi connectivity index (χ1v) is 7.26.